The smallest absolute Gasteiger partial charge is 0.297 e. The monoisotopic (exact) mass is 653 g/mol. The van der Waals surface area contributed by atoms with Crippen molar-refractivity contribution in [1.29, 1.82) is 0 Å². The van der Waals surface area contributed by atoms with Gasteiger partial charge in [0, 0.05) is 53.3 Å². The normalized spacial score (nSPS) is 17.9. The first-order valence-corrected chi connectivity index (χ1v) is 15.1. The minimum absolute atomic E-state index is 0.0225. The number of allylic oxidation sites excluding steroid dienone is 1. The van der Waals surface area contributed by atoms with Gasteiger partial charge in [-0.1, -0.05) is 37.1 Å². The molecule has 1 fully saturated rings. The Labute approximate surface area is 297 Å². The zero-order valence-electron chi connectivity index (χ0n) is 27.9. The number of carbonyl (C=O) groups is 1. The third-order valence-corrected chi connectivity index (χ3v) is 6.35. The van der Waals surface area contributed by atoms with Crippen LogP contribution in [0.2, 0.25) is 0 Å². The molecule has 1 rings (SSSR count). The van der Waals surface area contributed by atoms with E-state index in [0.717, 1.165) is 0 Å². The van der Waals surface area contributed by atoms with Crippen LogP contribution in [0.15, 0.2) is 50.6 Å². The summed E-state index contributed by atoms with van der Waals surface area (Å²) in [6.45, 7) is 18.8. The summed E-state index contributed by atoms with van der Waals surface area (Å²) in [4.78, 5) is 12.4. The Kier molecular flexibility index (Phi) is 22.3. The van der Waals surface area contributed by atoms with Crippen LogP contribution >= 0.6 is 0 Å². The molecule has 0 saturated carbocycles. The predicted octanol–water partition coefficient (Wildman–Crippen LogP) is 4.00. The Morgan fingerprint density at radius 3 is 1.50 bits per heavy atom. The van der Waals surface area contributed by atoms with Gasteiger partial charge in [-0.2, -0.15) is 0 Å². The van der Waals surface area contributed by atoms with Gasteiger partial charge < -0.3 is 14.8 Å². The minimum atomic E-state index is -1.38. The average molecular weight is 654 g/mol. The van der Waals surface area contributed by atoms with Crippen molar-refractivity contribution in [2.75, 3.05) is 6.61 Å². The van der Waals surface area contributed by atoms with Gasteiger partial charge >= 0.3 is 0 Å². The summed E-state index contributed by atoms with van der Waals surface area (Å²) in [6.07, 6.45) is 5.52. The van der Waals surface area contributed by atoms with Crippen LogP contribution in [0.25, 0.3) is 0 Å². The highest BCUT2D eigenvalue weighted by molar-refractivity contribution is 5.94. The second kappa shape index (κ2) is 27.1. The summed E-state index contributed by atoms with van der Waals surface area (Å²) < 4.78 is 27.0. The van der Waals surface area contributed by atoms with Crippen LogP contribution in [0.4, 0.5) is 4.39 Å². The van der Waals surface area contributed by atoms with Gasteiger partial charge in [0.2, 0.25) is 0 Å². The van der Waals surface area contributed by atoms with Crippen molar-refractivity contribution >= 4 is 5.91 Å². The largest absolute Gasteiger partial charge is 0.350 e. The van der Waals surface area contributed by atoms with Crippen molar-refractivity contribution in [2.24, 2.45) is 17.8 Å². The lowest BCUT2D eigenvalue weighted by atomic mass is 9.75. The van der Waals surface area contributed by atoms with E-state index >= 15 is 0 Å². The number of halogens is 1. The van der Waals surface area contributed by atoms with Gasteiger partial charge in [-0.15, -0.1) is 26.3 Å². The van der Waals surface area contributed by atoms with Gasteiger partial charge in [0.25, 0.3) is 5.91 Å². The van der Waals surface area contributed by atoms with E-state index in [1.54, 1.807) is 26.0 Å². The Morgan fingerprint density at radius 2 is 1.12 bits per heavy atom. The lowest BCUT2D eigenvalue weighted by Crippen LogP contribution is -2.50. The van der Waals surface area contributed by atoms with E-state index in [2.05, 4.69) is 174 Å². The second-order valence-corrected chi connectivity index (χ2v) is 9.47. The molecule has 0 aromatic carbocycles. The Morgan fingerprint density at radius 1 is 0.700 bits per heavy atom. The van der Waals surface area contributed by atoms with Gasteiger partial charge in [-0.05, 0) is 120 Å². The number of alkyl halides is 1. The van der Waals surface area contributed by atoms with Crippen molar-refractivity contribution in [3.8, 4) is 142 Å². The van der Waals surface area contributed by atoms with Gasteiger partial charge in [-0.25, -0.2) is 4.39 Å². The van der Waals surface area contributed by atoms with Crippen LogP contribution in [0, 0.1) is 160 Å². The summed E-state index contributed by atoms with van der Waals surface area (Å²) >= 11 is 0. The van der Waals surface area contributed by atoms with Crippen LogP contribution in [0.5, 0.6) is 0 Å². The standard InChI is InChI=1S/C45H32FNO3/c1-7-13-14-15-16-17-18-19-20-21-22-23-24-25-26-27-28-29-30-31-32-33-34-36-44(48)47-42(41(46)12-6)37-49-45-40(11-5)38(9-3)39(10-4)43(50-45)35-8-2/h8-11,38-43,45H,2-5,12,35,37H2,1,6H3,(H,47,48)/t38-,39+,40?,41+,42-,43?,45+/m0/s1. The number of rotatable bonds is 11. The molecule has 0 radical (unpaired) electrons. The van der Waals surface area contributed by atoms with Crippen LogP contribution in [-0.2, 0) is 14.3 Å². The average Bonchev–Trinajstić information content (AvgIpc) is 3.12. The maximum absolute atomic E-state index is 14.8. The molecule has 1 aliphatic heterocycles. The molecule has 1 saturated heterocycles. The predicted molar refractivity (Wildman–Crippen MR) is 197 cm³/mol. The Bertz CT molecular complexity index is 2070. The molecular weight excluding hydrogens is 621 g/mol. The third-order valence-electron chi connectivity index (χ3n) is 6.35. The highest BCUT2D eigenvalue weighted by Gasteiger charge is 2.42. The molecule has 0 aromatic rings. The van der Waals surface area contributed by atoms with E-state index in [9.17, 15) is 9.18 Å². The van der Waals surface area contributed by atoms with E-state index in [4.69, 9.17) is 9.47 Å². The van der Waals surface area contributed by atoms with E-state index in [-0.39, 0.29) is 36.9 Å². The molecule has 1 amide bonds. The fraction of sp³-hybridized carbons (Fsp3) is 0.267. The van der Waals surface area contributed by atoms with Crippen LogP contribution in [-0.4, -0.2) is 37.1 Å². The summed E-state index contributed by atoms with van der Waals surface area (Å²) in [5, 5.41) is 2.56. The topological polar surface area (TPSA) is 47.6 Å². The summed E-state index contributed by atoms with van der Waals surface area (Å²) in [5.41, 5.74) is 0. The zero-order valence-corrected chi connectivity index (χ0v) is 27.9. The first-order chi connectivity index (χ1) is 24.5. The number of hydrogen-bond acceptors (Lipinski definition) is 3. The Balaban J connectivity index is 2.70. The lowest BCUT2D eigenvalue weighted by Gasteiger charge is -2.44. The lowest BCUT2D eigenvalue weighted by molar-refractivity contribution is -0.236. The number of amides is 1. The number of hydrogen-bond donors (Lipinski definition) is 1. The van der Waals surface area contributed by atoms with Crippen molar-refractivity contribution < 1.29 is 18.7 Å². The first-order valence-electron chi connectivity index (χ1n) is 15.1. The fourth-order valence-electron chi connectivity index (χ4n) is 4.16. The van der Waals surface area contributed by atoms with E-state index in [1.165, 1.54) is 0 Å². The van der Waals surface area contributed by atoms with Gasteiger partial charge in [-0.3, -0.25) is 4.79 Å². The maximum Gasteiger partial charge on any atom is 0.297 e. The quantitative estimate of drug-likeness (QED) is 0.271. The SMILES string of the molecule is C=CCC1O[C@@H](OC[C@H](NC(=O)C#CC#CC#CC#CC#CC#CC#CC#CC#CC#CC#CC#CC)[C@H](F)CC)C(C=C)[C@@H](C=C)[C@H]1C=C. The number of nitrogens with one attached hydrogen (secondary N) is 1. The number of carbonyl (C=O) groups excluding carboxylic acids is 1. The van der Waals surface area contributed by atoms with Crippen molar-refractivity contribution in [1.82, 2.24) is 5.32 Å². The third kappa shape index (κ3) is 17.1. The molecule has 0 bridgehead atoms. The molecule has 5 heteroatoms. The molecule has 0 spiro atoms. The van der Waals surface area contributed by atoms with E-state index in [0.29, 0.717) is 6.42 Å². The molecule has 50 heavy (non-hydrogen) atoms. The number of ether oxygens (including phenoxy) is 2. The molecule has 2 unspecified atom stereocenters. The Hall–Kier alpha value is -7.00. The van der Waals surface area contributed by atoms with Gasteiger partial charge in [0.1, 0.15) is 6.17 Å². The van der Waals surface area contributed by atoms with Crippen LogP contribution < -0.4 is 5.32 Å². The molecule has 1 aliphatic rings. The maximum atomic E-state index is 14.8. The minimum Gasteiger partial charge on any atom is -0.350 e. The van der Waals surface area contributed by atoms with Gasteiger partial charge in [0.05, 0.1) is 18.8 Å². The van der Waals surface area contributed by atoms with Crippen LogP contribution in [0.1, 0.15) is 26.7 Å². The molecule has 0 aliphatic carbocycles. The molecule has 4 nitrogen and oxygen atoms in total. The summed E-state index contributed by atoms with van der Waals surface area (Å²) in [7, 11) is 0. The molecule has 7 atom stereocenters. The summed E-state index contributed by atoms with van der Waals surface area (Å²) in [5.74, 6) is 58.6. The molecule has 1 heterocycles. The molecule has 1 N–H and O–H groups in total. The zero-order chi connectivity index (χ0) is 36.7. The van der Waals surface area contributed by atoms with Crippen molar-refractivity contribution in [2.45, 2.75) is 51.3 Å². The molecule has 0 aromatic heterocycles. The molecule has 242 valence electrons. The summed E-state index contributed by atoms with van der Waals surface area (Å²) in [6, 6.07) is -0.967. The van der Waals surface area contributed by atoms with Gasteiger partial charge in [0.15, 0.2) is 6.29 Å². The first kappa shape index (κ1) is 41.0. The second-order valence-electron chi connectivity index (χ2n) is 9.47. The highest BCUT2D eigenvalue weighted by atomic mass is 19.1. The van der Waals surface area contributed by atoms with Crippen LogP contribution in [0.3, 0.4) is 0 Å². The van der Waals surface area contributed by atoms with E-state index in [1.807, 2.05) is 12.2 Å². The fourth-order valence-corrected chi connectivity index (χ4v) is 4.16. The van der Waals surface area contributed by atoms with E-state index < -0.39 is 24.4 Å². The highest BCUT2D eigenvalue weighted by Crippen LogP contribution is 2.39. The molecular formula is C45H32FNO3. The van der Waals surface area contributed by atoms with Crippen molar-refractivity contribution in [3.05, 3.63) is 50.6 Å². The van der Waals surface area contributed by atoms with Crippen molar-refractivity contribution in [3.63, 3.8) is 0 Å².